The summed E-state index contributed by atoms with van der Waals surface area (Å²) in [7, 11) is -4.20. The molecule has 4 rings (SSSR count). The summed E-state index contributed by atoms with van der Waals surface area (Å²) in [5.74, 6) is 0.103. The van der Waals surface area contributed by atoms with Gasteiger partial charge in [0.1, 0.15) is 5.65 Å². The van der Waals surface area contributed by atoms with Crippen molar-refractivity contribution >= 4 is 33.6 Å². The van der Waals surface area contributed by atoms with Crippen LogP contribution in [0.5, 0.6) is 0 Å². The molecular weight excluding hydrogens is 317 g/mol. The zero-order valence-electron chi connectivity index (χ0n) is 12.8. The third kappa shape index (κ3) is 2.14. The maximum atomic E-state index is 12.1. The van der Waals surface area contributed by atoms with E-state index in [1.165, 1.54) is 4.31 Å². The van der Waals surface area contributed by atoms with Gasteiger partial charge in [-0.05, 0) is 31.4 Å². The fourth-order valence-electron chi connectivity index (χ4n) is 3.73. The molecule has 9 heteroatoms. The molecule has 2 N–H and O–H groups in total. The van der Waals surface area contributed by atoms with Gasteiger partial charge in [0, 0.05) is 36.3 Å². The average Bonchev–Trinajstić information content (AvgIpc) is 3.11. The van der Waals surface area contributed by atoms with Crippen LogP contribution in [-0.4, -0.2) is 53.7 Å². The molecule has 122 valence electrons. The number of rotatable bonds is 2. The smallest absolute Gasteiger partial charge is 0.423 e. The molecule has 2 aromatic heterocycles. The number of aromatic amines is 1. The van der Waals surface area contributed by atoms with Crippen molar-refractivity contribution in [1.82, 2.24) is 14.3 Å². The van der Waals surface area contributed by atoms with E-state index in [0.29, 0.717) is 31.4 Å². The van der Waals surface area contributed by atoms with Gasteiger partial charge in [0.15, 0.2) is 0 Å². The van der Waals surface area contributed by atoms with E-state index in [2.05, 4.69) is 9.97 Å². The number of hydrogen-bond donors (Lipinski definition) is 2. The third-order valence-corrected chi connectivity index (χ3v) is 6.84. The van der Waals surface area contributed by atoms with Gasteiger partial charge in [0.2, 0.25) is 10.0 Å². The van der Waals surface area contributed by atoms with Crippen LogP contribution in [0.3, 0.4) is 0 Å². The van der Waals surface area contributed by atoms with Gasteiger partial charge in [0.25, 0.3) is 0 Å². The molecule has 1 saturated heterocycles. The van der Waals surface area contributed by atoms with Crippen LogP contribution in [0.4, 0.5) is 0 Å². The number of aromatic nitrogens is 2. The maximum absolute atomic E-state index is 12.1. The van der Waals surface area contributed by atoms with Crippen molar-refractivity contribution in [3.8, 4) is 0 Å². The van der Waals surface area contributed by atoms with Gasteiger partial charge in [0.05, 0.1) is 11.4 Å². The monoisotopic (exact) mass is 335 g/mol. The second-order valence-electron chi connectivity index (χ2n) is 6.09. The molecule has 1 spiro atoms. The lowest BCUT2D eigenvalue weighted by molar-refractivity contribution is 0.0135. The molecule has 0 radical (unpaired) electrons. The Morgan fingerprint density at radius 1 is 1.48 bits per heavy atom. The number of H-pyrrole nitrogens is 1. The Morgan fingerprint density at radius 3 is 2.91 bits per heavy atom. The second kappa shape index (κ2) is 5.04. The number of nitrogens with one attached hydrogen (secondary N) is 1. The second-order valence-corrected chi connectivity index (χ2v) is 8.35. The summed E-state index contributed by atoms with van der Waals surface area (Å²) in [4.78, 5) is 7.38. The van der Waals surface area contributed by atoms with Gasteiger partial charge >= 0.3 is 7.12 Å². The van der Waals surface area contributed by atoms with Gasteiger partial charge in [-0.3, -0.25) is 0 Å². The zero-order chi connectivity index (χ0) is 16.2. The Labute approximate surface area is 134 Å². The van der Waals surface area contributed by atoms with Gasteiger partial charge in [-0.1, -0.05) is 0 Å². The van der Waals surface area contributed by atoms with Crippen molar-refractivity contribution in [2.45, 2.75) is 25.4 Å². The number of pyridine rings is 1. The molecule has 0 aliphatic carbocycles. The standard InChI is InChI=1S/C14H18BN3O4S/c1-2-23(20,21)18-7-4-14(5-8-18)12-10-3-6-16-13(10)17-9-11(12)15(19)22-14/h3,6,9,19H,2,4-5,7-8H2,1H3,(H,16,17). The third-order valence-electron chi connectivity index (χ3n) is 4.96. The number of sulfonamides is 1. The molecule has 0 bridgehead atoms. The van der Waals surface area contributed by atoms with E-state index in [1.807, 2.05) is 12.3 Å². The van der Waals surface area contributed by atoms with Crippen LogP contribution in [0.15, 0.2) is 18.5 Å². The maximum Gasteiger partial charge on any atom is 0.493 e. The largest absolute Gasteiger partial charge is 0.493 e. The number of piperidine rings is 1. The fourth-order valence-corrected chi connectivity index (χ4v) is 4.84. The summed E-state index contributed by atoms with van der Waals surface area (Å²) >= 11 is 0. The first-order valence-electron chi connectivity index (χ1n) is 7.77. The van der Waals surface area contributed by atoms with Crippen LogP contribution in [0.1, 0.15) is 25.3 Å². The van der Waals surface area contributed by atoms with Gasteiger partial charge in [-0.15, -0.1) is 0 Å². The van der Waals surface area contributed by atoms with E-state index >= 15 is 0 Å². The highest BCUT2D eigenvalue weighted by Gasteiger charge is 2.50. The Kier molecular flexibility index (Phi) is 3.32. The zero-order valence-corrected chi connectivity index (χ0v) is 13.6. The highest BCUT2D eigenvalue weighted by Crippen LogP contribution is 2.43. The molecular formula is C14H18BN3O4S. The summed E-state index contributed by atoms with van der Waals surface area (Å²) in [6, 6.07) is 1.93. The molecule has 4 heterocycles. The normalized spacial score (nSPS) is 21.2. The Balaban J connectivity index is 1.74. The number of nitrogens with zero attached hydrogens (tertiary/aromatic N) is 2. The number of hydrogen-bond acceptors (Lipinski definition) is 5. The summed E-state index contributed by atoms with van der Waals surface area (Å²) in [6.45, 7) is 2.45. The van der Waals surface area contributed by atoms with Crippen LogP contribution in [0.2, 0.25) is 0 Å². The molecule has 2 aliphatic heterocycles. The molecule has 0 saturated carbocycles. The lowest BCUT2D eigenvalue weighted by atomic mass is 9.76. The SMILES string of the molecule is CCS(=O)(=O)N1CCC2(CC1)OB(O)c1cnc3[nH]ccc3c12. The highest BCUT2D eigenvalue weighted by molar-refractivity contribution is 7.89. The molecule has 0 aromatic carbocycles. The van der Waals surface area contributed by atoms with E-state index in [4.69, 9.17) is 4.65 Å². The van der Waals surface area contributed by atoms with Crippen molar-refractivity contribution in [1.29, 1.82) is 0 Å². The van der Waals surface area contributed by atoms with E-state index < -0.39 is 22.7 Å². The van der Waals surface area contributed by atoms with E-state index in [1.54, 1.807) is 13.1 Å². The predicted molar refractivity (Wildman–Crippen MR) is 86.7 cm³/mol. The lowest BCUT2D eigenvalue weighted by Gasteiger charge is -2.39. The first-order valence-corrected chi connectivity index (χ1v) is 9.38. The first kappa shape index (κ1) is 15.1. The van der Waals surface area contributed by atoms with E-state index in [9.17, 15) is 13.4 Å². The Hall–Kier alpha value is -1.42. The molecule has 1 fully saturated rings. The minimum absolute atomic E-state index is 0.103. The predicted octanol–water partition coefficient (Wildman–Crippen LogP) is -0.0786. The van der Waals surface area contributed by atoms with Gasteiger partial charge in [-0.25, -0.2) is 17.7 Å². The number of fused-ring (bicyclic) bond motifs is 4. The highest BCUT2D eigenvalue weighted by atomic mass is 32.2. The quantitative estimate of drug-likeness (QED) is 0.749. The van der Waals surface area contributed by atoms with Crippen LogP contribution < -0.4 is 5.46 Å². The molecule has 7 nitrogen and oxygen atoms in total. The van der Waals surface area contributed by atoms with Crippen molar-refractivity contribution in [2.24, 2.45) is 0 Å². The molecule has 0 atom stereocenters. The van der Waals surface area contributed by atoms with Crippen LogP contribution >= 0.6 is 0 Å². The van der Waals surface area contributed by atoms with Crippen LogP contribution in [0, 0.1) is 0 Å². The van der Waals surface area contributed by atoms with Crippen molar-refractivity contribution in [3.05, 3.63) is 24.0 Å². The molecule has 0 amide bonds. The minimum Gasteiger partial charge on any atom is -0.423 e. The summed E-state index contributed by atoms with van der Waals surface area (Å²) in [6.07, 6.45) is 4.51. The fraction of sp³-hybridized carbons (Fsp3) is 0.500. The van der Waals surface area contributed by atoms with Crippen molar-refractivity contribution in [2.75, 3.05) is 18.8 Å². The summed E-state index contributed by atoms with van der Waals surface area (Å²) in [5, 5.41) is 11.2. The summed E-state index contributed by atoms with van der Waals surface area (Å²) in [5.41, 5.74) is 1.75. The van der Waals surface area contributed by atoms with Gasteiger partial charge < -0.3 is 14.7 Å². The Morgan fingerprint density at radius 2 is 2.22 bits per heavy atom. The lowest BCUT2D eigenvalue weighted by Crippen LogP contribution is -2.46. The van der Waals surface area contributed by atoms with Crippen molar-refractivity contribution in [3.63, 3.8) is 0 Å². The molecule has 2 aromatic rings. The van der Waals surface area contributed by atoms with E-state index in [0.717, 1.165) is 16.6 Å². The van der Waals surface area contributed by atoms with Gasteiger partial charge in [-0.2, -0.15) is 0 Å². The topological polar surface area (TPSA) is 95.5 Å². The van der Waals surface area contributed by atoms with Crippen LogP contribution in [0.25, 0.3) is 11.0 Å². The minimum atomic E-state index is -3.19. The van der Waals surface area contributed by atoms with Crippen molar-refractivity contribution < 1.29 is 18.1 Å². The first-order chi connectivity index (χ1) is 11.0. The molecule has 23 heavy (non-hydrogen) atoms. The van der Waals surface area contributed by atoms with Crippen LogP contribution in [-0.2, 0) is 20.3 Å². The Bertz CT molecular complexity index is 858. The van der Waals surface area contributed by atoms with E-state index in [-0.39, 0.29) is 5.75 Å². The summed E-state index contributed by atoms with van der Waals surface area (Å²) < 4.78 is 31.5. The molecule has 2 aliphatic rings. The average molecular weight is 335 g/mol. The molecule has 0 unspecified atom stereocenters.